The van der Waals surface area contributed by atoms with E-state index in [1.165, 1.54) is 24.3 Å². The predicted octanol–water partition coefficient (Wildman–Crippen LogP) is 0.989. The Bertz CT molecular complexity index is 373. The lowest BCUT2D eigenvalue weighted by Gasteiger charge is -2.27. The van der Waals surface area contributed by atoms with Crippen LogP contribution >= 0.6 is 0 Å². The maximum absolute atomic E-state index is 11.0. The number of rotatable bonds is 5. The molecule has 0 spiro atoms. The minimum Gasteiger partial charge on any atom is -0.481 e. The summed E-state index contributed by atoms with van der Waals surface area (Å²) in [7, 11) is 0. The molecule has 0 aromatic carbocycles. The number of nitro groups is 1. The van der Waals surface area contributed by atoms with Crippen LogP contribution in [0.3, 0.4) is 0 Å². The predicted molar refractivity (Wildman–Crippen MR) is 55.3 cm³/mol. The Morgan fingerprint density at radius 1 is 1.69 bits per heavy atom. The van der Waals surface area contributed by atoms with Crippen molar-refractivity contribution in [3.63, 3.8) is 0 Å². The Balaban J connectivity index is 3.10. The number of nitrogens with zero attached hydrogens (tertiary/aromatic N) is 1. The SMILES string of the molecule is C=CCOC1([N+](=O)[O-])C=CC=CC1C(=O)O. The molecule has 2 atom stereocenters. The van der Waals surface area contributed by atoms with Gasteiger partial charge in [0.05, 0.1) is 11.5 Å². The summed E-state index contributed by atoms with van der Waals surface area (Å²) in [4.78, 5) is 21.2. The molecular weight excluding hydrogens is 214 g/mol. The fourth-order valence-corrected chi connectivity index (χ4v) is 1.43. The molecule has 0 aliphatic heterocycles. The Morgan fingerprint density at radius 2 is 2.38 bits per heavy atom. The first-order valence-corrected chi connectivity index (χ1v) is 4.53. The standard InChI is InChI=1S/C10H11NO5/c1-2-7-16-10(11(14)15)6-4-3-5-8(10)9(12)13/h2-6,8H,1,7H2,(H,12,13). The van der Waals surface area contributed by atoms with E-state index in [9.17, 15) is 14.9 Å². The number of ether oxygens (including phenoxy) is 1. The average molecular weight is 225 g/mol. The maximum atomic E-state index is 11.0. The van der Waals surface area contributed by atoms with Crippen LogP contribution in [0.2, 0.25) is 0 Å². The Labute approximate surface area is 91.7 Å². The summed E-state index contributed by atoms with van der Waals surface area (Å²) in [5.41, 5.74) is -2.05. The first-order chi connectivity index (χ1) is 7.54. The second-order valence-corrected chi connectivity index (χ2v) is 3.17. The van der Waals surface area contributed by atoms with Crippen molar-refractivity contribution in [1.82, 2.24) is 0 Å². The topological polar surface area (TPSA) is 89.7 Å². The lowest BCUT2D eigenvalue weighted by Crippen LogP contribution is -2.50. The second-order valence-electron chi connectivity index (χ2n) is 3.17. The van der Waals surface area contributed by atoms with Crippen LogP contribution in [0, 0.1) is 16.0 Å². The van der Waals surface area contributed by atoms with Crippen LogP contribution in [0.5, 0.6) is 0 Å². The maximum Gasteiger partial charge on any atom is 0.362 e. The van der Waals surface area contributed by atoms with Crippen LogP contribution in [0.15, 0.2) is 37.0 Å². The summed E-state index contributed by atoms with van der Waals surface area (Å²) in [6.07, 6.45) is 6.53. The quantitative estimate of drug-likeness (QED) is 0.326. The zero-order chi connectivity index (χ0) is 12.2. The molecule has 86 valence electrons. The molecule has 0 aromatic heterocycles. The molecule has 16 heavy (non-hydrogen) atoms. The van der Waals surface area contributed by atoms with Crippen LogP contribution in [0.1, 0.15) is 0 Å². The first kappa shape index (κ1) is 12.1. The van der Waals surface area contributed by atoms with Crippen LogP contribution in [-0.4, -0.2) is 28.3 Å². The molecule has 0 bridgehead atoms. The number of allylic oxidation sites excluding steroid dienone is 2. The summed E-state index contributed by atoms with van der Waals surface area (Å²) in [6, 6.07) is 0. The molecule has 0 radical (unpaired) electrons. The lowest BCUT2D eigenvalue weighted by molar-refractivity contribution is -0.618. The summed E-state index contributed by atoms with van der Waals surface area (Å²) < 4.78 is 5.02. The molecule has 0 aromatic rings. The molecule has 6 heteroatoms. The minimum absolute atomic E-state index is 0.0943. The lowest BCUT2D eigenvalue weighted by atomic mass is 9.91. The molecule has 0 amide bonds. The molecule has 0 heterocycles. The van der Waals surface area contributed by atoms with E-state index >= 15 is 0 Å². The van der Waals surface area contributed by atoms with Gasteiger partial charge in [-0.25, -0.2) is 0 Å². The van der Waals surface area contributed by atoms with E-state index in [4.69, 9.17) is 9.84 Å². The van der Waals surface area contributed by atoms with Crippen LogP contribution < -0.4 is 0 Å². The highest BCUT2D eigenvalue weighted by molar-refractivity contribution is 5.74. The van der Waals surface area contributed by atoms with E-state index in [-0.39, 0.29) is 6.61 Å². The molecule has 2 unspecified atom stereocenters. The number of carboxylic acid groups (broad SMARTS) is 1. The number of hydrogen-bond donors (Lipinski definition) is 1. The number of aliphatic carboxylic acids is 1. The second kappa shape index (κ2) is 4.71. The van der Waals surface area contributed by atoms with Crippen LogP contribution in [-0.2, 0) is 9.53 Å². The fraction of sp³-hybridized carbons (Fsp3) is 0.300. The van der Waals surface area contributed by atoms with Crippen molar-refractivity contribution in [3.05, 3.63) is 47.1 Å². The van der Waals surface area contributed by atoms with Crippen molar-refractivity contribution in [2.75, 3.05) is 6.61 Å². The van der Waals surface area contributed by atoms with Gasteiger partial charge < -0.3 is 9.84 Å². The van der Waals surface area contributed by atoms with Gasteiger partial charge in [0, 0.05) is 6.08 Å². The van der Waals surface area contributed by atoms with Gasteiger partial charge in [-0.05, 0) is 0 Å². The average Bonchev–Trinajstić information content (AvgIpc) is 2.26. The third kappa shape index (κ3) is 2.01. The first-order valence-electron chi connectivity index (χ1n) is 4.53. The van der Waals surface area contributed by atoms with Gasteiger partial charge in [-0.15, -0.1) is 6.58 Å². The molecule has 0 saturated carbocycles. The highest BCUT2D eigenvalue weighted by Gasteiger charge is 2.53. The van der Waals surface area contributed by atoms with Gasteiger partial charge in [-0.1, -0.05) is 24.3 Å². The number of carboxylic acids is 1. The van der Waals surface area contributed by atoms with E-state index in [1.807, 2.05) is 0 Å². The van der Waals surface area contributed by atoms with Crippen molar-refractivity contribution in [1.29, 1.82) is 0 Å². The normalized spacial score (nSPS) is 27.6. The largest absolute Gasteiger partial charge is 0.481 e. The number of carbonyl (C=O) groups is 1. The summed E-state index contributed by atoms with van der Waals surface area (Å²) in [5, 5.41) is 19.9. The van der Waals surface area contributed by atoms with Gasteiger partial charge in [-0.3, -0.25) is 14.9 Å². The highest BCUT2D eigenvalue weighted by atomic mass is 16.7. The van der Waals surface area contributed by atoms with Gasteiger partial charge in [0.15, 0.2) is 5.92 Å². The van der Waals surface area contributed by atoms with Gasteiger partial charge in [0.2, 0.25) is 0 Å². The van der Waals surface area contributed by atoms with Gasteiger partial charge in [-0.2, -0.15) is 0 Å². The summed E-state index contributed by atoms with van der Waals surface area (Å²) in [5.74, 6) is -2.64. The van der Waals surface area contributed by atoms with E-state index in [0.29, 0.717) is 0 Å². The van der Waals surface area contributed by atoms with E-state index in [2.05, 4.69) is 6.58 Å². The van der Waals surface area contributed by atoms with Crippen LogP contribution in [0.4, 0.5) is 0 Å². The minimum atomic E-state index is -2.05. The van der Waals surface area contributed by atoms with Crippen molar-refractivity contribution in [2.45, 2.75) is 5.72 Å². The monoisotopic (exact) mass is 225 g/mol. The van der Waals surface area contributed by atoms with Crippen molar-refractivity contribution in [2.24, 2.45) is 5.92 Å². The van der Waals surface area contributed by atoms with Crippen molar-refractivity contribution < 1.29 is 19.6 Å². The third-order valence-corrected chi connectivity index (χ3v) is 2.18. The summed E-state index contributed by atoms with van der Waals surface area (Å²) in [6.45, 7) is 3.27. The number of hydrogen-bond acceptors (Lipinski definition) is 4. The molecule has 1 aliphatic carbocycles. The zero-order valence-corrected chi connectivity index (χ0v) is 8.41. The Kier molecular flexibility index (Phi) is 3.57. The summed E-state index contributed by atoms with van der Waals surface area (Å²) >= 11 is 0. The molecule has 1 rings (SSSR count). The molecule has 0 fully saturated rings. The van der Waals surface area contributed by atoms with Gasteiger partial charge >= 0.3 is 11.7 Å². The van der Waals surface area contributed by atoms with E-state index < -0.39 is 22.5 Å². The Hall–Kier alpha value is -1.95. The molecular formula is C10H11NO5. The van der Waals surface area contributed by atoms with Crippen LogP contribution in [0.25, 0.3) is 0 Å². The smallest absolute Gasteiger partial charge is 0.362 e. The van der Waals surface area contributed by atoms with E-state index in [0.717, 1.165) is 6.08 Å². The molecule has 1 aliphatic rings. The third-order valence-electron chi connectivity index (χ3n) is 2.18. The van der Waals surface area contributed by atoms with Crippen molar-refractivity contribution in [3.8, 4) is 0 Å². The molecule has 0 saturated heterocycles. The zero-order valence-electron chi connectivity index (χ0n) is 8.41. The highest BCUT2D eigenvalue weighted by Crippen LogP contribution is 2.29. The van der Waals surface area contributed by atoms with Gasteiger partial charge in [0.1, 0.15) is 0 Å². The van der Waals surface area contributed by atoms with E-state index in [1.54, 1.807) is 0 Å². The Morgan fingerprint density at radius 3 is 2.88 bits per heavy atom. The molecule has 6 nitrogen and oxygen atoms in total. The van der Waals surface area contributed by atoms with Crippen molar-refractivity contribution >= 4 is 5.97 Å². The fourth-order valence-electron chi connectivity index (χ4n) is 1.43. The molecule has 1 N–H and O–H groups in total. The van der Waals surface area contributed by atoms with Gasteiger partial charge in [0.25, 0.3) is 0 Å².